The number of rotatable bonds is 14. The van der Waals surface area contributed by atoms with Crippen LogP contribution in [0.5, 0.6) is 5.75 Å². The SMILES string of the molecule is Cl.NC(=O)[C@@H](CCCNC(=O)OCc1ccccc1)NCCc1ccc(OCc2ccccc2)cc1. The van der Waals surface area contributed by atoms with Gasteiger partial charge < -0.3 is 25.8 Å². The maximum atomic E-state index is 11.8. The number of primary amides is 1. The zero-order chi connectivity index (χ0) is 24.7. The normalized spacial score (nSPS) is 11.1. The Morgan fingerprint density at radius 2 is 1.39 bits per heavy atom. The number of carbonyl (C=O) groups excluding carboxylic acids is 2. The topological polar surface area (TPSA) is 103 Å². The van der Waals surface area contributed by atoms with Crippen molar-refractivity contribution in [3.63, 3.8) is 0 Å². The monoisotopic (exact) mass is 511 g/mol. The summed E-state index contributed by atoms with van der Waals surface area (Å²) in [6.45, 7) is 1.77. The predicted octanol–water partition coefficient (Wildman–Crippen LogP) is 4.38. The van der Waals surface area contributed by atoms with Gasteiger partial charge in [0.2, 0.25) is 5.91 Å². The maximum absolute atomic E-state index is 11.8. The second-order valence-corrected chi connectivity index (χ2v) is 8.21. The molecule has 0 heterocycles. The van der Waals surface area contributed by atoms with Crippen LogP contribution in [0.4, 0.5) is 4.79 Å². The molecule has 0 spiro atoms. The minimum absolute atomic E-state index is 0. The molecule has 3 rings (SSSR count). The minimum Gasteiger partial charge on any atom is -0.489 e. The van der Waals surface area contributed by atoms with Gasteiger partial charge in [-0.25, -0.2) is 4.79 Å². The van der Waals surface area contributed by atoms with Crippen molar-refractivity contribution < 1.29 is 19.1 Å². The molecule has 0 saturated carbocycles. The summed E-state index contributed by atoms with van der Waals surface area (Å²) in [6.07, 6.45) is 1.41. The number of nitrogens with two attached hydrogens (primary N) is 1. The lowest BCUT2D eigenvalue weighted by atomic mass is 10.1. The van der Waals surface area contributed by atoms with Crippen molar-refractivity contribution in [1.82, 2.24) is 10.6 Å². The molecule has 0 radical (unpaired) electrons. The van der Waals surface area contributed by atoms with Crippen LogP contribution in [0.25, 0.3) is 0 Å². The van der Waals surface area contributed by atoms with Crippen molar-refractivity contribution >= 4 is 24.4 Å². The van der Waals surface area contributed by atoms with E-state index >= 15 is 0 Å². The van der Waals surface area contributed by atoms with Gasteiger partial charge in [0.25, 0.3) is 0 Å². The standard InChI is InChI=1S/C28H33N3O4.ClH/c29-27(32)26(12-7-18-31-28(33)35-21-24-10-5-2-6-11-24)30-19-17-22-13-15-25(16-14-22)34-20-23-8-3-1-4-9-23;/h1-6,8-11,13-16,26,30H,7,12,17-21H2,(H2,29,32)(H,31,33);1H/t26-;/m1./s1. The van der Waals surface area contributed by atoms with Crippen LogP contribution >= 0.6 is 12.4 Å². The van der Waals surface area contributed by atoms with Gasteiger partial charge in [0.1, 0.15) is 19.0 Å². The highest BCUT2D eigenvalue weighted by atomic mass is 35.5. The Balaban J connectivity index is 0.00000456. The molecule has 8 heteroatoms. The lowest BCUT2D eigenvalue weighted by molar-refractivity contribution is -0.120. The number of amides is 2. The molecule has 36 heavy (non-hydrogen) atoms. The lowest BCUT2D eigenvalue weighted by Crippen LogP contribution is -2.42. The number of ether oxygens (including phenoxy) is 2. The number of benzene rings is 3. The first-order chi connectivity index (χ1) is 17.1. The van der Waals surface area contributed by atoms with E-state index in [0.29, 0.717) is 32.5 Å². The van der Waals surface area contributed by atoms with Gasteiger partial charge in [0.05, 0.1) is 6.04 Å². The van der Waals surface area contributed by atoms with Crippen LogP contribution < -0.4 is 21.1 Å². The molecule has 2 amide bonds. The average molecular weight is 512 g/mol. The molecule has 0 fully saturated rings. The van der Waals surface area contributed by atoms with Crippen LogP contribution in [-0.2, 0) is 29.2 Å². The van der Waals surface area contributed by atoms with E-state index in [-0.39, 0.29) is 19.0 Å². The largest absolute Gasteiger partial charge is 0.489 e. The Hall–Kier alpha value is -3.55. The summed E-state index contributed by atoms with van der Waals surface area (Å²) in [6, 6.07) is 27.0. The Morgan fingerprint density at radius 3 is 2.00 bits per heavy atom. The van der Waals surface area contributed by atoms with Crippen LogP contribution in [0.1, 0.15) is 29.5 Å². The number of alkyl carbamates (subject to hydrolysis) is 1. The molecule has 0 unspecified atom stereocenters. The quantitative estimate of drug-likeness (QED) is 0.279. The Kier molecular flexibility index (Phi) is 12.9. The van der Waals surface area contributed by atoms with Crippen molar-refractivity contribution in [2.24, 2.45) is 5.73 Å². The highest BCUT2D eigenvalue weighted by Gasteiger charge is 2.14. The molecular formula is C28H34ClN3O4. The fourth-order valence-electron chi connectivity index (χ4n) is 3.50. The molecule has 0 aromatic heterocycles. The van der Waals surface area contributed by atoms with Gasteiger partial charge in [0, 0.05) is 6.54 Å². The van der Waals surface area contributed by atoms with Crippen LogP contribution in [0.3, 0.4) is 0 Å². The molecule has 0 aliphatic carbocycles. The predicted molar refractivity (Wildman–Crippen MR) is 143 cm³/mol. The van der Waals surface area contributed by atoms with Gasteiger partial charge in [0.15, 0.2) is 0 Å². The first-order valence-electron chi connectivity index (χ1n) is 11.8. The highest BCUT2D eigenvalue weighted by molar-refractivity contribution is 5.85. The van der Waals surface area contributed by atoms with Crippen molar-refractivity contribution in [1.29, 1.82) is 0 Å². The molecule has 0 saturated heterocycles. The second-order valence-electron chi connectivity index (χ2n) is 8.21. The van der Waals surface area contributed by atoms with E-state index in [4.69, 9.17) is 15.2 Å². The minimum atomic E-state index is -0.478. The molecule has 192 valence electrons. The summed E-state index contributed by atoms with van der Waals surface area (Å²) in [5.41, 5.74) is 8.72. The summed E-state index contributed by atoms with van der Waals surface area (Å²) in [5.74, 6) is 0.414. The fraction of sp³-hybridized carbons (Fsp3) is 0.286. The van der Waals surface area contributed by atoms with Gasteiger partial charge in [-0.05, 0) is 54.6 Å². The first kappa shape index (κ1) is 28.7. The molecule has 3 aromatic carbocycles. The third-order valence-corrected chi connectivity index (χ3v) is 5.47. The van der Waals surface area contributed by atoms with E-state index < -0.39 is 18.0 Å². The van der Waals surface area contributed by atoms with Crippen molar-refractivity contribution in [2.75, 3.05) is 13.1 Å². The number of hydrogen-bond donors (Lipinski definition) is 3. The number of halogens is 1. The van der Waals surface area contributed by atoms with Crippen molar-refractivity contribution in [3.8, 4) is 5.75 Å². The van der Waals surface area contributed by atoms with Crippen LogP contribution in [-0.4, -0.2) is 31.1 Å². The second kappa shape index (κ2) is 16.2. The lowest BCUT2D eigenvalue weighted by Gasteiger charge is -2.16. The molecule has 0 aliphatic heterocycles. The van der Waals surface area contributed by atoms with E-state index in [1.54, 1.807) is 0 Å². The van der Waals surface area contributed by atoms with Crippen molar-refractivity contribution in [3.05, 3.63) is 102 Å². The van der Waals surface area contributed by atoms with Gasteiger partial charge in [-0.1, -0.05) is 72.8 Å². The van der Waals surface area contributed by atoms with Crippen LogP contribution in [0.15, 0.2) is 84.9 Å². The number of nitrogens with one attached hydrogen (secondary N) is 2. The zero-order valence-corrected chi connectivity index (χ0v) is 21.0. The fourth-order valence-corrected chi connectivity index (χ4v) is 3.50. The first-order valence-corrected chi connectivity index (χ1v) is 11.8. The molecule has 4 N–H and O–H groups in total. The van der Waals surface area contributed by atoms with Gasteiger partial charge in [-0.3, -0.25) is 4.79 Å². The molecular weight excluding hydrogens is 478 g/mol. The smallest absolute Gasteiger partial charge is 0.407 e. The van der Waals surface area contributed by atoms with E-state index in [0.717, 1.165) is 28.9 Å². The summed E-state index contributed by atoms with van der Waals surface area (Å²) < 4.78 is 11.0. The molecule has 0 bridgehead atoms. The van der Waals surface area contributed by atoms with E-state index in [1.807, 2.05) is 84.9 Å². The zero-order valence-electron chi connectivity index (χ0n) is 20.2. The summed E-state index contributed by atoms with van der Waals surface area (Å²) in [4.78, 5) is 23.6. The Bertz CT molecular complexity index is 1030. The van der Waals surface area contributed by atoms with E-state index in [9.17, 15) is 9.59 Å². The molecule has 1 atom stereocenters. The van der Waals surface area contributed by atoms with Gasteiger partial charge in [-0.2, -0.15) is 0 Å². The summed E-state index contributed by atoms with van der Waals surface area (Å²) in [5, 5.41) is 5.92. The molecule has 3 aromatic rings. The highest BCUT2D eigenvalue weighted by Crippen LogP contribution is 2.14. The van der Waals surface area contributed by atoms with Crippen molar-refractivity contribution in [2.45, 2.75) is 38.5 Å². The Labute approximate surface area is 218 Å². The van der Waals surface area contributed by atoms with Crippen LogP contribution in [0, 0.1) is 0 Å². The average Bonchev–Trinajstić information content (AvgIpc) is 2.89. The third kappa shape index (κ3) is 10.8. The molecule has 7 nitrogen and oxygen atoms in total. The van der Waals surface area contributed by atoms with Gasteiger partial charge >= 0.3 is 6.09 Å². The number of carbonyl (C=O) groups is 2. The van der Waals surface area contributed by atoms with E-state index in [2.05, 4.69) is 10.6 Å². The summed E-state index contributed by atoms with van der Waals surface area (Å²) >= 11 is 0. The third-order valence-electron chi connectivity index (χ3n) is 5.47. The maximum Gasteiger partial charge on any atom is 0.407 e. The van der Waals surface area contributed by atoms with E-state index in [1.165, 1.54) is 0 Å². The van der Waals surface area contributed by atoms with Crippen LogP contribution in [0.2, 0.25) is 0 Å². The molecule has 0 aliphatic rings. The van der Waals surface area contributed by atoms with Gasteiger partial charge in [-0.15, -0.1) is 12.4 Å². The Morgan fingerprint density at radius 1 is 0.778 bits per heavy atom. The summed E-state index contributed by atoms with van der Waals surface area (Å²) in [7, 11) is 0. The number of hydrogen-bond acceptors (Lipinski definition) is 5.